The summed E-state index contributed by atoms with van der Waals surface area (Å²) in [7, 11) is 0. The lowest BCUT2D eigenvalue weighted by molar-refractivity contribution is -0.157. The van der Waals surface area contributed by atoms with E-state index in [-0.39, 0.29) is 50.1 Å². The molecule has 3 amide bonds. The number of hydrogen-bond acceptors (Lipinski definition) is 9. The fourth-order valence-electron chi connectivity index (χ4n) is 5.60. The molecule has 0 aromatic rings. The molecule has 0 aromatic carbocycles. The van der Waals surface area contributed by atoms with Crippen molar-refractivity contribution in [3.8, 4) is 0 Å². The zero-order valence-corrected chi connectivity index (χ0v) is 33.3. The molecule has 3 atom stereocenters. The summed E-state index contributed by atoms with van der Waals surface area (Å²) >= 11 is 1.38. The number of thioether (sulfide) groups is 1. The van der Waals surface area contributed by atoms with Crippen LogP contribution in [-0.2, 0) is 38.2 Å². The summed E-state index contributed by atoms with van der Waals surface area (Å²) in [6.45, 7) is 6.07. The Hall–Kier alpha value is -2.83. The van der Waals surface area contributed by atoms with Gasteiger partial charge in [-0.25, -0.2) is 0 Å². The Morgan fingerprint density at radius 2 is 1.13 bits per heavy atom. The zero-order valence-electron chi connectivity index (χ0n) is 32.5. The van der Waals surface area contributed by atoms with Gasteiger partial charge in [0.05, 0.1) is 0 Å². The quantitative estimate of drug-likeness (QED) is 0.0378. The molecular weight excluding hydrogens is 687 g/mol. The molecule has 0 rings (SSSR count). The lowest BCUT2D eigenvalue weighted by atomic mass is 10.1. The van der Waals surface area contributed by atoms with E-state index < -0.39 is 36.0 Å². The molecule has 0 bridgehead atoms. The predicted octanol–water partition coefficient (Wildman–Crippen LogP) is 7.14. The number of esters is 2. The van der Waals surface area contributed by atoms with Gasteiger partial charge in [0.2, 0.25) is 17.7 Å². The monoisotopic (exact) mass is 757 g/mol. The van der Waals surface area contributed by atoms with Gasteiger partial charge in [-0.1, -0.05) is 124 Å². The number of nitrogens with two attached hydrogens (primary N) is 1. The number of carbonyl (C=O) groups is 6. The summed E-state index contributed by atoms with van der Waals surface area (Å²) in [6, 6.07) is -2.09. The molecule has 0 heterocycles. The van der Waals surface area contributed by atoms with Gasteiger partial charge >= 0.3 is 17.9 Å². The van der Waals surface area contributed by atoms with E-state index in [4.69, 9.17) is 20.3 Å². The highest BCUT2D eigenvalue weighted by Crippen LogP contribution is 2.15. The first-order valence-corrected chi connectivity index (χ1v) is 21.2. The van der Waals surface area contributed by atoms with Crippen molar-refractivity contribution in [1.82, 2.24) is 10.6 Å². The average molecular weight is 758 g/mol. The normalized spacial score (nSPS) is 12.8. The minimum absolute atomic E-state index is 0.0417. The number of nitrogens with one attached hydrogen (secondary N) is 2. The van der Waals surface area contributed by atoms with Crippen LogP contribution in [0.4, 0.5) is 0 Å². The number of carboxylic acids is 1. The Balaban J connectivity index is 4.78. The van der Waals surface area contributed by atoms with Gasteiger partial charge < -0.3 is 30.9 Å². The number of ether oxygens (including phenoxy) is 2. The Labute approximate surface area is 317 Å². The van der Waals surface area contributed by atoms with E-state index in [1.165, 1.54) is 88.8 Å². The fraction of sp³-hybridized carbons (Fsp3) is 0.846. The lowest BCUT2D eigenvalue weighted by Crippen LogP contribution is -2.52. The van der Waals surface area contributed by atoms with Crippen molar-refractivity contribution in [3.63, 3.8) is 0 Å². The van der Waals surface area contributed by atoms with Crippen LogP contribution in [0, 0.1) is 0 Å². The molecule has 12 nitrogen and oxygen atoms in total. The van der Waals surface area contributed by atoms with Gasteiger partial charge in [0.1, 0.15) is 24.8 Å². The van der Waals surface area contributed by atoms with Gasteiger partial charge in [0, 0.05) is 37.2 Å². The van der Waals surface area contributed by atoms with Crippen molar-refractivity contribution in [3.05, 3.63) is 0 Å². The maximum Gasteiger partial charge on any atom is 0.306 e. The first-order chi connectivity index (χ1) is 25.0. The second-order valence-corrected chi connectivity index (χ2v) is 14.9. The summed E-state index contributed by atoms with van der Waals surface area (Å²) in [6.07, 6.45) is 20.4. The largest absolute Gasteiger partial charge is 0.481 e. The van der Waals surface area contributed by atoms with E-state index in [0.29, 0.717) is 24.3 Å². The Morgan fingerprint density at radius 3 is 1.62 bits per heavy atom. The molecule has 0 saturated heterocycles. The number of amides is 3. The molecule has 0 aromatic heterocycles. The van der Waals surface area contributed by atoms with Crippen LogP contribution in [0.2, 0.25) is 0 Å². The summed E-state index contributed by atoms with van der Waals surface area (Å²) in [5.41, 5.74) is 5.30. The Kier molecular flexibility index (Phi) is 32.1. The number of carboxylic acid groups (broad SMARTS) is 1. The third kappa shape index (κ3) is 29.7. The van der Waals surface area contributed by atoms with E-state index in [2.05, 4.69) is 24.5 Å². The molecule has 0 aliphatic rings. The van der Waals surface area contributed by atoms with Crippen LogP contribution in [0.1, 0.15) is 175 Å². The molecule has 0 aliphatic carbocycles. The fourth-order valence-corrected chi connectivity index (χ4v) is 6.53. The molecule has 52 heavy (non-hydrogen) atoms. The molecular formula is C39H71N3O9S. The minimum atomic E-state index is -1.16. The molecule has 13 heteroatoms. The smallest absolute Gasteiger partial charge is 0.306 e. The van der Waals surface area contributed by atoms with Gasteiger partial charge in [-0.3, -0.25) is 28.8 Å². The van der Waals surface area contributed by atoms with Crippen LogP contribution in [0.3, 0.4) is 0 Å². The maximum atomic E-state index is 12.7. The van der Waals surface area contributed by atoms with E-state index in [1.807, 2.05) is 0 Å². The Morgan fingerprint density at radius 1 is 0.635 bits per heavy atom. The van der Waals surface area contributed by atoms with Crippen molar-refractivity contribution < 1.29 is 43.3 Å². The summed E-state index contributed by atoms with van der Waals surface area (Å²) in [5, 5.41) is 14.0. The highest BCUT2D eigenvalue weighted by Gasteiger charge is 2.25. The van der Waals surface area contributed by atoms with Crippen LogP contribution in [0.5, 0.6) is 0 Å². The van der Waals surface area contributed by atoms with Gasteiger partial charge in [0.15, 0.2) is 0 Å². The zero-order chi connectivity index (χ0) is 38.8. The maximum absolute atomic E-state index is 12.7. The Bertz CT molecular complexity index is 998. The highest BCUT2D eigenvalue weighted by molar-refractivity contribution is 7.99. The highest BCUT2D eigenvalue weighted by atomic mass is 32.2. The van der Waals surface area contributed by atoms with E-state index >= 15 is 0 Å². The molecule has 5 N–H and O–H groups in total. The molecule has 0 spiro atoms. The van der Waals surface area contributed by atoms with Crippen molar-refractivity contribution in [2.75, 3.05) is 18.1 Å². The number of hydrogen-bond donors (Lipinski definition) is 4. The standard InChI is InChI=1S/C39H71N3O9S/c1-4-7-9-11-13-15-17-19-21-23-36(46)50-29-31(51-37(47)24-22-20-18-16-14-12-10-8-5-2)30-52-28-27-34(43)41-32(6-3)39(49)42-33(38(40)48)25-26-35(44)45/h31-33H,4-30H2,1-3H3,(H2,40,48)(H,41,43)(H,42,49)(H,44,45)/t31-,32+,33-/m1/s1. The number of aliphatic carboxylic acids is 1. The third-order valence-electron chi connectivity index (χ3n) is 8.84. The minimum Gasteiger partial charge on any atom is -0.481 e. The van der Waals surface area contributed by atoms with Crippen molar-refractivity contribution >= 4 is 47.4 Å². The number of carbonyl (C=O) groups excluding carboxylic acids is 5. The first kappa shape index (κ1) is 49.2. The van der Waals surface area contributed by atoms with E-state index in [0.717, 1.165) is 38.5 Å². The molecule has 0 radical (unpaired) electrons. The summed E-state index contributed by atoms with van der Waals surface area (Å²) in [5.74, 6) is -2.92. The van der Waals surface area contributed by atoms with Gasteiger partial charge in [-0.15, -0.1) is 0 Å². The SMILES string of the molecule is CCCCCCCCCCCC(=O)OC[C@H](CSCCC(=O)N[C@@H](CC)C(=O)N[C@H](CCC(=O)O)C(N)=O)OC(=O)CCCCCCCCCCC. The topological polar surface area (TPSA) is 191 Å². The molecule has 0 saturated carbocycles. The number of rotatable bonds is 36. The molecule has 302 valence electrons. The third-order valence-corrected chi connectivity index (χ3v) is 9.94. The first-order valence-electron chi connectivity index (χ1n) is 20.1. The summed E-state index contributed by atoms with van der Waals surface area (Å²) in [4.78, 5) is 73.0. The number of unbranched alkanes of at least 4 members (excludes halogenated alkanes) is 16. The molecule has 0 unspecified atom stereocenters. The van der Waals surface area contributed by atoms with Gasteiger partial charge in [-0.2, -0.15) is 11.8 Å². The van der Waals surface area contributed by atoms with Crippen LogP contribution in [-0.4, -0.2) is 77.0 Å². The van der Waals surface area contributed by atoms with Crippen molar-refractivity contribution in [1.29, 1.82) is 0 Å². The van der Waals surface area contributed by atoms with Crippen LogP contribution in [0.25, 0.3) is 0 Å². The van der Waals surface area contributed by atoms with E-state index in [9.17, 15) is 28.8 Å². The average Bonchev–Trinajstić information content (AvgIpc) is 3.11. The van der Waals surface area contributed by atoms with E-state index in [1.54, 1.807) is 6.92 Å². The lowest BCUT2D eigenvalue weighted by Gasteiger charge is -2.21. The molecule has 0 fully saturated rings. The van der Waals surface area contributed by atoms with Crippen molar-refractivity contribution in [2.45, 2.75) is 193 Å². The van der Waals surface area contributed by atoms with Crippen molar-refractivity contribution in [2.24, 2.45) is 5.73 Å². The van der Waals surface area contributed by atoms with Gasteiger partial charge in [-0.05, 0) is 25.7 Å². The van der Waals surface area contributed by atoms with Gasteiger partial charge in [0.25, 0.3) is 0 Å². The van der Waals surface area contributed by atoms with Crippen LogP contribution < -0.4 is 16.4 Å². The second-order valence-electron chi connectivity index (χ2n) is 13.7. The molecule has 0 aliphatic heterocycles. The summed E-state index contributed by atoms with van der Waals surface area (Å²) < 4.78 is 11.2. The van der Waals surface area contributed by atoms with Crippen LogP contribution >= 0.6 is 11.8 Å². The number of primary amides is 1. The second kappa shape index (κ2) is 34.0. The van der Waals surface area contributed by atoms with Crippen LogP contribution in [0.15, 0.2) is 0 Å². The predicted molar refractivity (Wildman–Crippen MR) is 207 cm³/mol.